The Morgan fingerprint density at radius 2 is 1.79 bits per heavy atom. The van der Waals surface area contributed by atoms with Crippen LogP contribution in [0.1, 0.15) is 25.3 Å². The van der Waals surface area contributed by atoms with E-state index in [0.29, 0.717) is 25.2 Å². The number of amides is 1. The predicted molar refractivity (Wildman–Crippen MR) is 114 cm³/mol. The van der Waals surface area contributed by atoms with Crippen LogP contribution in [-0.4, -0.2) is 93.2 Å². The Kier molecular flexibility index (Phi) is 7.32. The minimum Gasteiger partial charge on any atom is -0.378 e. The maximum absolute atomic E-state index is 12.7. The SMILES string of the molecule is CC1CN(C2CCN(CC(=O)N(C)Cc3ccc(N(C)C)cc3)CC2)CCO1. The third-order valence-corrected chi connectivity index (χ3v) is 6.00. The van der Waals surface area contributed by atoms with Crippen molar-refractivity contribution in [3.05, 3.63) is 29.8 Å². The van der Waals surface area contributed by atoms with Gasteiger partial charge in [0.25, 0.3) is 0 Å². The number of piperidine rings is 1. The van der Waals surface area contributed by atoms with E-state index in [2.05, 4.69) is 45.9 Å². The first-order valence-corrected chi connectivity index (χ1v) is 10.5. The van der Waals surface area contributed by atoms with Crippen LogP contribution in [-0.2, 0) is 16.1 Å². The minimum atomic E-state index is 0.204. The number of benzene rings is 1. The van der Waals surface area contributed by atoms with Gasteiger partial charge in [-0.1, -0.05) is 12.1 Å². The second-order valence-corrected chi connectivity index (χ2v) is 8.49. The topological polar surface area (TPSA) is 39.3 Å². The molecule has 6 heteroatoms. The molecule has 0 bridgehead atoms. The summed E-state index contributed by atoms with van der Waals surface area (Å²) in [5.74, 6) is 0.204. The molecule has 6 nitrogen and oxygen atoms in total. The van der Waals surface area contributed by atoms with E-state index in [-0.39, 0.29) is 5.91 Å². The molecule has 2 aliphatic heterocycles. The molecule has 1 aromatic rings. The molecule has 0 aliphatic carbocycles. The summed E-state index contributed by atoms with van der Waals surface area (Å²) in [6.07, 6.45) is 2.64. The average Bonchev–Trinajstić information content (AvgIpc) is 2.69. The zero-order valence-corrected chi connectivity index (χ0v) is 17.9. The molecule has 0 saturated carbocycles. The summed E-state index contributed by atoms with van der Waals surface area (Å²) in [4.78, 5) is 21.5. The van der Waals surface area contributed by atoms with Crippen molar-refractivity contribution in [1.29, 1.82) is 0 Å². The first-order chi connectivity index (χ1) is 13.4. The summed E-state index contributed by atoms with van der Waals surface area (Å²) >= 11 is 0. The molecule has 0 N–H and O–H groups in total. The Morgan fingerprint density at radius 3 is 2.39 bits per heavy atom. The fraction of sp³-hybridized carbons (Fsp3) is 0.682. The number of likely N-dealkylation sites (N-methyl/N-ethyl adjacent to an activating group) is 1. The summed E-state index contributed by atoms with van der Waals surface area (Å²) < 4.78 is 5.66. The van der Waals surface area contributed by atoms with Crippen molar-refractivity contribution in [2.24, 2.45) is 0 Å². The number of carbonyl (C=O) groups excluding carboxylic acids is 1. The normalized spacial score (nSPS) is 22.2. The number of ether oxygens (including phenoxy) is 1. The monoisotopic (exact) mass is 388 g/mol. The van der Waals surface area contributed by atoms with Crippen molar-refractivity contribution in [1.82, 2.24) is 14.7 Å². The van der Waals surface area contributed by atoms with Crippen LogP contribution in [0.25, 0.3) is 0 Å². The Bertz CT molecular complexity index is 626. The molecule has 1 unspecified atom stereocenters. The smallest absolute Gasteiger partial charge is 0.236 e. The number of rotatable bonds is 6. The molecule has 1 atom stereocenters. The minimum absolute atomic E-state index is 0.204. The number of nitrogens with zero attached hydrogens (tertiary/aromatic N) is 4. The van der Waals surface area contributed by atoms with Gasteiger partial charge in [-0.25, -0.2) is 0 Å². The van der Waals surface area contributed by atoms with E-state index in [4.69, 9.17) is 4.74 Å². The lowest BCUT2D eigenvalue weighted by molar-refractivity contribution is -0.132. The summed E-state index contributed by atoms with van der Waals surface area (Å²) in [5, 5.41) is 0. The van der Waals surface area contributed by atoms with Crippen LogP contribution in [0.15, 0.2) is 24.3 Å². The summed E-state index contributed by atoms with van der Waals surface area (Å²) in [6.45, 7) is 8.29. The molecule has 0 aromatic heterocycles. The largest absolute Gasteiger partial charge is 0.378 e. The van der Waals surface area contributed by atoms with Crippen molar-refractivity contribution in [2.75, 3.05) is 65.4 Å². The van der Waals surface area contributed by atoms with Gasteiger partial charge in [0.05, 0.1) is 19.3 Å². The first kappa shape index (κ1) is 21.1. The molecule has 156 valence electrons. The van der Waals surface area contributed by atoms with Gasteiger partial charge < -0.3 is 14.5 Å². The van der Waals surface area contributed by atoms with Gasteiger partial charge in [0.1, 0.15) is 0 Å². The van der Waals surface area contributed by atoms with Crippen LogP contribution in [0.5, 0.6) is 0 Å². The highest BCUT2D eigenvalue weighted by Crippen LogP contribution is 2.19. The van der Waals surface area contributed by atoms with Crippen molar-refractivity contribution in [2.45, 2.75) is 38.5 Å². The van der Waals surface area contributed by atoms with Crippen LogP contribution >= 0.6 is 0 Å². The lowest BCUT2D eigenvalue weighted by atomic mass is 10.0. The quantitative estimate of drug-likeness (QED) is 0.744. The third-order valence-electron chi connectivity index (χ3n) is 6.00. The second kappa shape index (κ2) is 9.72. The maximum Gasteiger partial charge on any atom is 0.236 e. The molecule has 0 radical (unpaired) electrons. The van der Waals surface area contributed by atoms with Crippen LogP contribution in [0.4, 0.5) is 5.69 Å². The van der Waals surface area contributed by atoms with E-state index >= 15 is 0 Å². The summed E-state index contributed by atoms with van der Waals surface area (Å²) in [7, 11) is 5.98. The molecule has 2 heterocycles. The van der Waals surface area contributed by atoms with E-state index < -0.39 is 0 Å². The van der Waals surface area contributed by atoms with E-state index in [1.807, 2.05) is 26.0 Å². The van der Waals surface area contributed by atoms with E-state index in [0.717, 1.165) is 45.6 Å². The van der Waals surface area contributed by atoms with Gasteiger partial charge in [0.15, 0.2) is 0 Å². The molecule has 28 heavy (non-hydrogen) atoms. The Balaban J connectivity index is 1.42. The standard InChI is InChI=1S/C22H36N4O2/c1-18-15-26(13-14-28-18)21-9-11-25(12-10-21)17-22(27)24(4)16-19-5-7-20(8-6-19)23(2)3/h5-8,18,21H,9-17H2,1-4H3. The zero-order chi connectivity index (χ0) is 20.1. The Labute approximate surface area is 170 Å². The summed E-state index contributed by atoms with van der Waals surface area (Å²) in [5.41, 5.74) is 2.34. The lowest BCUT2D eigenvalue weighted by Crippen LogP contribution is -2.52. The first-order valence-electron chi connectivity index (χ1n) is 10.5. The number of anilines is 1. The number of morpholine rings is 1. The molecule has 0 spiro atoms. The van der Waals surface area contributed by atoms with Crippen molar-refractivity contribution < 1.29 is 9.53 Å². The van der Waals surface area contributed by atoms with Crippen LogP contribution in [0.3, 0.4) is 0 Å². The van der Waals surface area contributed by atoms with Gasteiger partial charge in [0.2, 0.25) is 5.91 Å². The molecule has 1 aromatic carbocycles. The van der Waals surface area contributed by atoms with E-state index in [9.17, 15) is 4.79 Å². The van der Waals surface area contributed by atoms with Gasteiger partial charge in [0, 0.05) is 65.6 Å². The van der Waals surface area contributed by atoms with Gasteiger partial charge >= 0.3 is 0 Å². The fourth-order valence-corrected chi connectivity index (χ4v) is 4.19. The highest BCUT2D eigenvalue weighted by molar-refractivity contribution is 5.78. The third kappa shape index (κ3) is 5.69. The molecule has 1 amide bonds. The number of hydrogen-bond donors (Lipinski definition) is 0. The van der Waals surface area contributed by atoms with Crippen molar-refractivity contribution in [3.63, 3.8) is 0 Å². The molecular formula is C22H36N4O2. The van der Waals surface area contributed by atoms with E-state index in [1.54, 1.807) is 0 Å². The lowest BCUT2D eigenvalue weighted by Gasteiger charge is -2.41. The maximum atomic E-state index is 12.7. The van der Waals surface area contributed by atoms with Gasteiger partial charge in [-0.05, 0) is 37.5 Å². The van der Waals surface area contributed by atoms with Crippen LogP contribution in [0.2, 0.25) is 0 Å². The van der Waals surface area contributed by atoms with Crippen molar-refractivity contribution >= 4 is 11.6 Å². The van der Waals surface area contributed by atoms with Crippen LogP contribution in [0, 0.1) is 0 Å². The Morgan fingerprint density at radius 1 is 1.11 bits per heavy atom. The van der Waals surface area contributed by atoms with Crippen LogP contribution < -0.4 is 4.90 Å². The molecule has 3 rings (SSSR count). The van der Waals surface area contributed by atoms with Gasteiger partial charge in [-0.3, -0.25) is 14.6 Å². The number of hydrogen-bond acceptors (Lipinski definition) is 5. The molecule has 2 fully saturated rings. The highest BCUT2D eigenvalue weighted by Gasteiger charge is 2.28. The van der Waals surface area contributed by atoms with Gasteiger partial charge in [-0.15, -0.1) is 0 Å². The zero-order valence-electron chi connectivity index (χ0n) is 17.9. The molecule has 2 saturated heterocycles. The second-order valence-electron chi connectivity index (χ2n) is 8.49. The van der Waals surface area contributed by atoms with Gasteiger partial charge in [-0.2, -0.15) is 0 Å². The Hall–Kier alpha value is -1.63. The molecule has 2 aliphatic rings. The van der Waals surface area contributed by atoms with E-state index in [1.165, 1.54) is 11.3 Å². The predicted octanol–water partition coefficient (Wildman–Crippen LogP) is 1.90. The fourth-order valence-electron chi connectivity index (χ4n) is 4.19. The van der Waals surface area contributed by atoms with Crippen molar-refractivity contribution in [3.8, 4) is 0 Å². The molecular weight excluding hydrogens is 352 g/mol. The number of carbonyl (C=O) groups is 1. The average molecular weight is 389 g/mol. The highest BCUT2D eigenvalue weighted by atomic mass is 16.5. The number of likely N-dealkylation sites (tertiary alicyclic amines) is 1. The summed E-state index contributed by atoms with van der Waals surface area (Å²) in [6, 6.07) is 9.06.